The fraction of sp³-hybridized carbons (Fsp3) is 0.471. The van der Waals surface area contributed by atoms with Crippen molar-refractivity contribution in [1.29, 1.82) is 0 Å². The molecule has 0 aliphatic heterocycles. The Balaban J connectivity index is 1.98. The van der Waals surface area contributed by atoms with E-state index in [0.717, 1.165) is 47.8 Å². The second kappa shape index (κ2) is 5.54. The molecule has 120 valence electrons. The van der Waals surface area contributed by atoms with Gasteiger partial charge in [-0.15, -0.1) is 0 Å². The molecule has 0 saturated heterocycles. The minimum Gasteiger partial charge on any atom is -0.385 e. The standard InChI is InChI=1S/C17H21N5O/c1-10(23)17-21-14-9-20-13-3-2-8-19-15(13)16(14)22(17)12-6-4-11(18)5-7-12/h2-3,8-12,23H,4-7,18H2,1H3. The van der Waals surface area contributed by atoms with E-state index in [1.165, 1.54) is 0 Å². The summed E-state index contributed by atoms with van der Waals surface area (Å²) in [4.78, 5) is 13.6. The Morgan fingerprint density at radius 1 is 1.22 bits per heavy atom. The van der Waals surface area contributed by atoms with E-state index in [1.54, 1.807) is 19.3 Å². The van der Waals surface area contributed by atoms with Crippen molar-refractivity contribution >= 4 is 22.1 Å². The molecule has 3 N–H and O–H groups in total. The van der Waals surface area contributed by atoms with Gasteiger partial charge in [-0.3, -0.25) is 9.97 Å². The molecule has 0 radical (unpaired) electrons. The molecule has 1 aliphatic carbocycles. The number of nitrogens with zero attached hydrogens (tertiary/aromatic N) is 4. The van der Waals surface area contributed by atoms with E-state index in [2.05, 4.69) is 19.5 Å². The quantitative estimate of drug-likeness (QED) is 0.759. The number of nitrogens with two attached hydrogens (primary N) is 1. The predicted molar refractivity (Wildman–Crippen MR) is 88.9 cm³/mol. The summed E-state index contributed by atoms with van der Waals surface area (Å²) in [5, 5.41) is 10.2. The summed E-state index contributed by atoms with van der Waals surface area (Å²) in [6.45, 7) is 1.76. The predicted octanol–water partition coefficient (Wildman–Crippen LogP) is 2.48. The van der Waals surface area contributed by atoms with E-state index in [0.29, 0.717) is 11.9 Å². The fourth-order valence-electron chi connectivity index (χ4n) is 3.63. The topological polar surface area (TPSA) is 89.9 Å². The Morgan fingerprint density at radius 2 is 2.00 bits per heavy atom. The third-order valence-corrected chi connectivity index (χ3v) is 4.78. The van der Waals surface area contributed by atoms with E-state index in [9.17, 15) is 5.11 Å². The summed E-state index contributed by atoms with van der Waals surface area (Å²) in [6, 6.07) is 4.43. The summed E-state index contributed by atoms with van der Waals surface area (Å²) in [5.41, 5.74) is 9.53. The zero-order valence-electron chi connectivity index (χ0n) is 13.2. The van der Waals surface area contributed by atoms with Gasteiger partial charge in [0.1, 0.15) is 23.0 Å². The van der Waals surface area contributed by atoms with E-state index >= 15 is 0 Å². The molecule has 0 spiro atoms. The minimum atomic E-state index is -0.628. The molecule has 0 amide bonds. The Morgan fingerprint density at radius 3 is 2.74 bits per heavy atom. The van der Waals surface area contributed by atoms with Crippen LogP contribution in [0.1, 0.15) is 50.6 Å². The molecule has 1 fully saturated rings. The van der Waals surface area contributed by atoms with Crippen LogP contribution in [-0.4, -0.2) is 30.7 Å². The van der Waals surface area contributed by atoms with Gasteiger partial charge in [-0.1, -0.05) is 0 Å². The lowest BCUT2D eigenvalue weighted by atomic mass is 9.91. The highest BCUT2D eigenvalue weighted by molar-refractivity contribution is 5.99. The van der Waals surface area contributed by atoms with Crippen LogP contribution in [0.2, 0.25) is 0 Å². The van der Waals surface area contributed by atoms with Gasteiger partial charge in [0.15, 0.2) is 0 Å². The Hall–Kier alpha value is -2.05. The number of aliphatic hydroxyl groups excluding tert-OH is 1. The zero-order valence-corrected chi connectivity index (χ0v) is 13.2. The first kappa shape index (κ1) is 14.5. The lowest BCUT2D eigenvalue weighted by Crippen LogP contribution is -2.28. The normalized spacial score (nSPS) is 23.4. The highest BCUT2D eigenvalue weighted by Gasteiger charge is 2.27. The van der Waals surface area contributed by atoms with Crippen molar-refractivity contribution in [2.45, 2.75) is 50.8 Å². The van der Waals surface area contributed by atoms with E-state index in [-0.39, 0.29) is 6.04 Å². The van der Waals surface area contributed by atoms with Gasteiger partial charge in [-0.25, -0.2) is 4.98 Å². The van der Waals surface area contributed by atoms with Crippen molar-refractivity contribution in [3.63, 3.8) is 0 Å². The third kappa shape index (κ3) is 2.38. The molecule has 1 unspecified atom stereocenters. The van der Waals surface area contributed by atoms with Crippen molar-refractivity contribution in [3.8, 4) is 0 Å². The van der Waals surface area contributed by atoms with Crippen LogP contribution in [0.4, 0.5) is 0 Å². The maximum absolute atomic E-state index is 10.2. The van der Waals surface area contributed by atoms with E-state index < -0.39 is 6.10 Å². The SMILES string of the molecule is CC(O)c1nc2cnc3cccnc3c2n1C1CCC(N)CC1. The molecule has 3 aromatic heterocycles. The van der Waals surface area contributed by atoms with Crippen molar-refractivity contribution in [3.05, 3.63) is 30.4 Å². The lowest BCUT2D eigenvalue weighted by Gasteiger charge is -2.29. The molecular weight excluding hydrogens is 290 g/mol. The van der Waals surface area contributed by atoms with E-state index in [1.807, 2.05) is 12.1 Å². The highest BCUT2D eigenvalue weighted by Crippen LogP contribution is 2.35. The van der Waals surface area contributed by atoms with Crippen molar-refractivity contribution in [1.82, 2.24) is 19.5 Å². The molecule has 0 bridgehead atoms. The van der Waals surface area contributed by atoms with E-state index in [4.69, 9.17) is 5.73 Å². The summed E-state index contributed by atoms with van der Waals surface area (Å²) in [5.74, 6) is 0.695. The molecule has 4 rings (SSSR count). The molecule has 1 atom stereocenters. The van der Waals surface area contributed by atoms with Crippen LogP contribution < -0.4 is 5.73 Å². The van der Waals surface area contributed by atoms with Crippen LogP contribution in [0.3, 0.4) is 0 Å². The molecule has 3 heterocycles. The summed E-state index contributed by atoms with van der Waals surface area (Å²) in [6.07, 6.45) is 6.93. The van der Waals surface area contributed by atoms with Crippen molar-refractivity contribution < 1.29 is 5.11 Å². The van der Waals surface area contributed by atoms with Gasteiger partial charge in [0, 0.05) is 18.3 Å². The fourth-order valence-corrected chi connectivity index (χ4v) is 3.63. The number of fused-ring (bicyclic) bond motifs is 3. The number of rotatable bonds is 2. The number of aromatic nitrogens is 4. The minimum absolute atomic E-state index is 0.285. The molecular formula is C17H21N5O. The van der Waals surface area contributed by atoms with Crippen LogP contribution >= 0.6 is 0 Å². The molecule has 6 nitrogen and oxygen atoms in total. The van der Waals surface area contributed by atoms with Crippen molar-refractivity contribution in [2.75, 3.05) is 0 Å². The van der Waals surface area contributed by atoms with Crippen molar-refractivity contribution in [2.24, 2.45) is 5.73 Å². The smallest absolute Gasteiger partial charge is 0.138 e. The second-order valence-corrected chi connectivity index (χ2v) is 6.45. The zero-order chi connectivity index (χ0) is 16.0. The van der Waals surface area contributed by atoms with Crippen LogP contribution in [0.25, 0.3) is 22.1 Å². The monoisotopic (exact) mass is 311 g/mol. The first-order chi connectivity index (χ1) is 11.1. The molecule has 23 heavy (non-hydrogen) atoms. The maximum Gasteiger partial charge on any atom is 0.138 e. The first-order valence-electron chi connectivity index (χ1n) is 8.20. The third-order valence-electron chi connectivity index (χ3n) is 4.78. The average Bonchev–Trinajstić information content (AvgIpc) is 2.96. The maximum atomic E-state index is 10.2. The van der Waals surface area contributed by atoms with Gasteiger partial charge in [0.25, 0.3) is 0 Å². The van der Waals surface area contributed by atoms with Gasteiger partial charge in [0.2, 0.25) is 0 Å². The van der Waals surface area contributed by atoms with Crippen LogP contribution in [0, 0.1) is 0 Å². The van der Waals surface area contributed by atoms with Gasteiger partial charge >= 0.3 is 0 Å². The number of hydrogen-bond donors (Lipinski definition) is 2. The summed E-state index contributed by atoms with van der Waals surface area (Å²) in [7, 11) is 0. The second-order valence-electron chi connectivity index (χ2n) is 6.45. The Bertz CT molecular complexity index is 849. The summed E-state index contributed by atoms with van der Waals surface area (Å²) >= 11 is 0. The number of hydrogen-bond acceptors (Lipinski definition) is 5. The largest absolute Gasteiger partial charge is 0.385 e. The van der Waals surface area contributed by atoms with Gasteiger partial charge in [-0.05, 0) is 44.7 Å². The Labute approximate surface area is 134 Å². The highest BCUT2D eigenvalue weighted by atomic mass is 16.3. The number of imidazole rings is 1. The average molecular weight is 311 g/mol. The van der Waals surface area contributed by atoms with Gasteiger partial charge in [0.05, 0.1) is 17.2 Å². The number of aliphatic hydroxyl groups is 1. The number of pyridine rings is 2. The lowest BCUT2D eigenvalue weighted by molar-refractivity contribution is 0.177. The first-order valence-corrected chi connectivity index (χ1v) is 8.20. The summed E-state index contributed by atoms with van der Waals surface area (Å²) < 4.78 is 2.18. The molecule has 6 heteroatoms. The van der Waals surface area contributed by atoms with Gasteiger partial charge < -0.3 is 15.4 Å². The van der Waals surface area contributed by atoms with Crippen LogP contribution in [-0.2, 0) is 0 Å². The van der Waals surface area contributed by atoms with Gasteiger partial charge in [-0.2, -0.15) is 0 Å². The molecule has 1 saturated carbocycles. The van der Waals surface area contributed by atoms with Crippen LogP contribution in [0.5, 0.6) is 0 Å². The molecule has 1 aliphatic rings. The van der Waals surface area contributed by atoms with Crippen LogP contribution in [0.15, 0.2) is 24.5 Å². The Kier molecular flexibility index (Phi) is 3.50. The molecule has 3 aromatic rings. The molecule has 0 aromatic carbocycles.